The third-order valence-corrected chi connectivity index (χ3v) is 6.43. The zero-order chi connectivity index (χ0) is 20.6. The fourth-order valence-corrected chi connectivity index (χ4v) is 4.71. The van der Waals surface area contributed by atoms with Crippen molar-refractivity contribution >= 4 is 17.7 Å². The van der Waals surface area contributed by atoms with E-state index in [-0.39, 0.29) is 24.1 Å². The van der Waals surface area contributed by atoms with Crippen LogP contribution in [-0.2, 0) is 22.7 Å². The number of fused-ring (bicyclic) bond motifs is 1. The van der Waals surface area contributed by atoms with E-state index in [4.69, 9.17) is 5.73 Å². The van der Waals surface area contributed by atoms with E-state index in [9.17, 15) is 19.5 Å². The maximum atomic E-state index is 13.2. The SMILES string of the molecule is NCCC1(O)CCN(Cc2cccc3c2C(=O)N(C2CCC(=O)NC2=O)C3)CC1. The van der Waals surface area contributed by atoms with Gasteiger partial charge in [0.25, 0.3) is 5.91 Å². The fraction of sp³-hybridized carbons (Fsp3) is 0.571. The van der Waals surface area contributed by atoms with Gasteiger partial charge < -0.3 is 15.7 Å². The van der Waals surface area contributed by atoms with Crippen LogP contribution in [0, 0.1) is 0 Å². The number of likely N-dealkylation sites (tertiary alicyclic amines) is 1. The number of nitrogens with zero attached hydrogens (tertiary/aromatic N) is 2. The van der Waals surface area contributed by atoms with E-state index in [1.54, 1.807) is 4.90 Å². The number of carbonyl (C=O) groups is 3. The highest BCUT2D eigenvalue weighted by Crippen LogP contribution is 2.32. The molecule has 1 aromatic rings. The van der Waals surface area contributed by atoms with Crippen molar-refractivity contribution in [2.24, 2.45) is 5.73 Å². The second-order valence-electron chi connectivity index (χ2n) is 8.39. The molecule has 29 heavy (non-hydrogen) atoms. The monoisotopic (exact) mass is 400 g/mol. The van der Waals surface area contributed by atoms with Crippen LogP contribution in [-0.4, -0.2) is 63.9 Å². The van der Waals surface area contributed by atoms with Crippen molar-refractivity contribution in [2.45, 2.75) is 56.8 Å². The lowest BCUT2D eigenvalue weighted by molar-refractivity contribution is -0.136. The Kier molecular flexibility index (Phi) is 5.42. The molecule has 3 heterocycles. The van der Waals surface area contributed by atoms with E-state index in [0.29, 0.717) is 50.9 Å². The summed E-state index contributed by atoms with van der Waals surface area (Å²) in [6, 6.07) is 5.25. The van der Waals surface area contributed by atoms with E-state index in [1.807, 2.05) is 18.2 Å². The van der Waals surface area contributed by atoms with Crippen molar-refractivity contribution in [3.05, 3.63) is 34.9 Å². The van der Waals surface area contributed by atoms with Crippen LogP contribution in [0.3, 0.4) is 0 Å². The minimum Gasteiger partial charge on any atom is -0.390 e. The van der Waals surface area contributed by atoms with E-state index >= 15 is 0 Å². The van der Waals surface area contributed by atoms with Crippen molar-refractivity contribution in [3.63, 3.8) is 0 Å². The van der Waals surface area contributed by atoms with E-state index in [1.165, 1.54) is 0 Å². The van der Waals surface area contributed by atoms with E-state index in [2.05, 4.69) is 10.2 Å². The topological polar surface area (TPSA) is 116 Å². The fourth-order valence-electron chi connectivity index (χ4n) is 4.71. The van der Waals surface area contributed by atoms with Crippen LogP contribution in [0.25, 0.3) is 0 Å². The highest BCUT2D eigenvalue weighted by molar-refractivity contribution is 6.05. The van der Waals surface area contributed by atoms with Gasteiger partial charge in [0.2, 0.25) is 11.8 Å². The number of amides is 3. The minimum atomic E-state index is -0.678. The second kappa shape index (κ2) is 7.85. The summed E-state index contributed by atoms with van der Waals surface area (Å²) in [6.45, 7) is 3.02. The Labute approximate surface area is 170 Å². The molecular formula is C21H28N4O4. The molecule has 0 aromatic heterocycles. The number of rotatable bonds is 5. The molecule has 1 atom stereocenters. The van der Waals surface area contributed by atoms with Crippen molar-refractivity contribution < 1.29 is 19.5 Å². The van der Waals surface area contributed by atoms with Crippen LogP contribution < -0.4 is 11.1 Å². The smallest absolute Gasteiger partial charge is 0.255 e. The number of benzene rings is 1. The molecule has 8 nitrogen and oxygen atoms in total. The lowest BCUT2D eigenvalue weighted by Gasteiger charge is -2.38. The van der Waals surface area contributed by atoms with Gasteiger partial charge in [0.1, 0.15) is 6.04 Å². The molecule has 1 unspecified atom stereocenters. The number of hydrogen-bond acceptors (Lipinski definition) is 6. The second-order valence-corrected chi connectivity index (χ2v) is 8.39. The Hall–Kier alpha value is -2.29. The van der Waals surface area contributed by atoms with Gasteiger partial charge in [0.15, 0.2) is 0 Å². The van der Waals surface area contributed by atoms with Crippen molar-refractivity contribution in [1.82, 2.24) is 15.1 Å². The van der Waals surface area contributed by atoms with Crippen LogP contribution >= 0.6 is 0 Å². The summed E-state index contributed by atoms with van der Waals surface area (Å²) in [5, 5.41) is 12.9. The lowest BCUT2D eigenvalue weighted by Crippen LogP contribution is -2.52. The molecule has 0 spiro atoms. The number of aliphatic hydroxyl groups is 1. The van der Waals surface area contributed by atoms with Gasteiger partial charge in [-0.1, -0.05) is 18.2 Å². The summed E-state index contributed by atoms with van der Waals surface area (Å²) < 4.78 is 0. The van der Waals surface area contributed by atoms with Gasteiger partial charge in [-0.15, -0.1) is 0 Å². The molecule has 0 bridgehead atoms. The molecule has 2 saturated heterocycles. The third-order valence-electron chi connectivity index (χ3n) is 6.43. The van der Waals surface area contributed by atoms with E-state index in [0.717, 1.165) is 24.2 Å². The molecule has 2 fully saturated rings. The summed E-state index contributed by atoms with van der Waals surface area (Å²) >= 11 is 0. The average molecular weight is 400 g/mol. The first-order valence-electron chi connectivity index (χ1n) is 10.3. The number of imide groups is 1. The van der Waals surface area contributed by atoms with Crippen molar-refractivity contribution in [2.75, 3.05) is 19.6 Å². The first-order chi connectivity index (χ1) is 13.9. The number of nitrogens with one attached hydrogen (secondary N) is 1. The highest BCUT2D eigenvalue weighted by atomic mass is 16.3. The van der Waals surface area contributed by atoms with Crippen molar-refractivity contribution in [3.8, 4) is 0 Å². The Morgan fingerprint density at radius 1 is 1.21 bits per heavy atom. The Morgan fingerprint density at radius 3 is 2.66 bits per heavy atom. The molecule has 0 radical (unpaired) electrons. The van der Waals surface area contributed by atoms with Gasteiger partial charge >= 0.3 is 0 Å². The van der Waals surface area contributed by atoms with Gasteiger partial charge in [-0.3, -0.25) is 24.6 Å². The number of piperidine rings is 2. The lowest BCUT2D eigenvalue weighted by atomic mass is 9.88. The molecule has 3 amide bonds. The maximum absolute atomic E-state index is 13.2. The maximum Gasteiger partial charge on any atom is 0.255 e. The average Bonchev–Trinajstić information content (AvgIpc) is 3.01. The van der Waals surface area contributed by atoms with Crippen LogP contribution in [0.2, 0.25) is 0 Å². The van der Waals surface area contributed by atoms with Gasteiger partial charge in [0, 0.05) is 38.2 Å². The molecule has 3 aliphatic heterocycles. The zero-order valence-corrected chi connectivity index (χ0v) is 16.5. The third kappa shape index (κ3) is 3.92. The number of hydrogen-bond donors (Lipinski definition) is 3. The summed E-state index contributed by atoms with van der Waals surface area (Å²) in [6.07, 6.45) is 2.58. The van der Waals surface area contributed by atoms with Crippen LogP contribution in [0.1, 0.15) is 53.6 Å². The highest BCUT2D eigenvalue weighted by Gasteiger charge is 2.40. The van der Waals surface area contributed by atoms with E-state index < -0.39 is 11.6 Å². The minimum absolute atomic E-state index is 0.137. The predicted octanol–water partition coefficient (Wildman–Crippen LogP) is 0.123. The Balaban J connectivity index is 1.47. The standard InChI is InChI=1S/C21H28N4O4/c22-9-6-21(29)7-10-24(11-8-21)12-14-2-1-3-15-13-25(20(28)18(14)15)16-4-5-17(26)23-19(16)27/h1-3,16,29H,4-13,22H2,(H,23,26,27). The Bertz CT molecular complexity index is 832. The predicted molar refractivity (Wildman–Crippen MR) is 106 cm³/mol. The number of nitrogens with two attached hydrogens (primary N) is 1. The molecule has 0 aliphatic carbocycles. The first-order valence-corrected chi connectivity index (χ1v) is 10.3. The van der Waals surface area contributed by atoms with Crippen molar-refractivity contribution in [1.29, 1.82) is 0 Å². The summed E-state index contributed by atoms with van der Waals surface area (Å²) in [5.74, 6) is -0.809. The normalized spacial score (nSPS) is 24.6. The van der Waals surface area contributed by atoms with Gasteiger partial charge in [-0.2, -0.15) is 0 Å². The van der Waals surface area contributed by atoms with Crippen LogP contribution in [0.5, 0.6) is 0 Å². The first kappa shape index (κ1) is 20.0. The Morgan fingerprint density at radius 2 is 1.97 bits per heavy atom. The molecular weight excluding hydrogens is 372 g/mol. The van der Waals surface area contributed by atoms with Crippen LogP contribution in [0.4, 0.5) is 0 Å². The summed E-state index contributed by atoms with van der Waals surface area (Å²) in [5.41, 5.74) is 7.49. The molecule has 156 valence electrons. The molecule has 4 rings (SSSR count). The molecule has 8 heteroatoms. The van der Waals surface area contributed by atoms with Gasteiger partial charge in [0.05, 0.1) is 5.60 Å². The quantitative estimate of drug-likeness (QED) is 0.605. The summed E-state index contributed by atoms with van der Waals surface area (Å²) in [4.78, 5) is 40.7. The largest absolute Gasteiger partial charge is 0.390 e. The molecule has 0 saturated carbocycles. The van der Waals surface area contributed by atoms with Crippen LogP contribution in [0.15, 0.2) is 18.2 Å². The molecule has 3 aliphatic rings. The molecule has 4 N–H and O–H groups in total. The zero-order valence-electron chi connectivity index (χ0n) is 16.5. The van der Waals surface area contributed by atoms with Gasteiger partial charge in [-0.25, -0.2) is 0 Å². The number of carbonyl (C=O) groups excluding carboxylic acids is 3. The molecule has 1 aromatic carbocycles. The van der Waals surface area contributed by atoms with Gasteiger partial charge in [-0.05, 0) is 43.4 Å². The summed E-state index contributed by atoms with van der Waals surface area (Å²) in [7, 11) is 0.